The van der Waals surface area contributed by atoms with E-state index in [0.717, 1.165) is 0 Å². The van der Waals surface area contributed by atoms with Gasteiger partial charge in [0, 0.05) is 0 Å². The highest BCUT2D eigenvalue weighted by Crippen LogP contribution is 2.50. The summed E-state index contributed by atoms with van der Waals surface area (Å²) in [6.07, 6.45) is -11.0. The lowest BCUT2D eigenvalue weighted by Gasteiger charge is -2.46. The molecule has 1 fully saturated rings. The number of hydrogen-bond donors (Lipinski definition) is 7. The first-order valence-electron chi connectivity index (χ1n) is 6.82. The van der Waals surface area contributed by atoms with Crippen LogP contribution in [0.25, 0.3) is 0 Å². The van der Waals surface area contributed by atoms with E-state index < -0.39 is 44.1 Å². The van der Waals surface area contributed by atoms with E-state index in [1.165, 1.54) is 0 Å². The van der Waals surface area contributed by atoms with Crippen LogP contribution in [0.3, 0.4) is 0 Å². The molecule has 0 aliphatic heterocycles. The molecule has 7 atom stereocenters. The third-order valence-corrected chi connectivity index (χ3v) is 4.50. The Labute approximate surface area is 133 Å². The molecule has 12 heteroatoms. The van der Waals surface area contributed by atoms with Crippen molar-refractivity contribution >= 4 is 7.82 Å². The van der Waals surface area contributed by atoms with Crippen molar-refractivity contribution in [2.75, 3.05) is 34.3 Å². The maximum atomic E-state index is 11.9. The first kappa shape index (κ1) is 20.9. The number of likely N-dealkylation sites (N-methyl/N-ethyl adjacent to an activating group) is 1. The molecule has 0 aromatic rings. The van der Waals surface area contributed by atoms with Crippen molar-refractivity contribution in [3.63, 3.8) is 0 Å². The summed E-state index contributed by atoms with van der Waals surface area (Å²) < 4.78 is 21.3. The van der Waals surface area contributed by atoms with Crippen LogP contribution in [0.2, 0.25) is 0 Å². The Morgan fingerprint density at radius 3 is 1.83 bits per heavy atom. The molecule has 0 aromatic heterocycles. The first-order valence-corrected chi connectivity index (χ1v) is 8.32. The van der Waals surface area contributed by atoms with Crippen LogP contribution in [0.4, 0.5) is 0 Å². The van der Waals surface area contributed by atoms with E-state index in [9.17, 15) is 40.1 Å². The van der Waals surface area contributed by atoms with Crippen LogP contribution in [0.5, 0.6) is 0 Å². The number of phosphoric ester groups is 1. The largest absolute Gasteiger partial charge is 0.475 e. The maximum absolute atomic E-state index is 11.9. The molecule has 7 N–H and O–H groups in total. The lowest BCUT2D eigenvalue weighted by molar-refractivity contribution is -0.870. The Hall–Kier alpha value is -0.170. The quantitative estimate of drug-likeness (QED) is 0.141. The summed E-state index contributed by atoms with van der Waals surface area (Å²) in [5.41, 5.74) is 0. The van der Waals surface area contributed by atoms with Crippen LogP contribution < -0.4 is 0 Å². The zero-order valence-corrected chi connectivity index (χ0v) is 13.9. The summed E-state index contributed by atoms with van der Waals surface area (Å²) in [6.45, 7) is 0.0642. The van der Waals surface area contributed by atoms with Gasteiger partial charge in [0.2, 0.25) is 5.79 Å². The Morgan fingerprint density at radius 1 is 1.00 bits per heavy atom. The SMILES string of the molecule is C[N+](C)(C)CCOP(=O)(O)OC1(O)[C@H](O)[C@H](O)C(O)[C@H](O)[C@H]1O. The van der Waals surface area contributed by atoms with Crippen molar-refractivity contribution < 1.29 is 53.6 Å². The van der Waals surface area contributed by atoms with Crippen molar-refractivity contribution in [2.45, 2.75) is 36.3 Å². The van der Waals surface area contributed by atoms with E-state index in [-0.39, 0.29) is 6.61 Å². The smallest absolute Gasteiger partial charge is 0.387 e. The average molecular weight is 362 g/mol. The molecule has 138 valence electrons. The molecule has 1 rings (SSSR count). The Kier molecular flexibility index (Phi) is 6.34. The molecule has 11 nitrogen and oxygen atoms in total. The average Bonchev–Trinajstić information content (AvgIpc) is 2.39. The topological polar surface area (TPSA) is 177 Å². The molecule has 1 saturated carbocycles. The molecule has 1 aliphatic carbocycles. The summed E-state index contributed by atoms with van der Waals surface area (Å²) in [5.74, 6) is -3.21. The van der Waals surface area contributed by atoms with Gasteiger partial charge in [-0.25, -0.2) is 9.09 Å². The van der Waals surface area contributed by atoms with E-state index in [4.69, 9.17) is 0 Å². The highest BCUT2D eigenvalue weighted by molar-refractivity contribution is 7.47. The molecule has 1 aliphatic rings. The second kappa shape index (κ2) is 6.98. The fourth-order valence-corrected chi connectivity index (χ4v) is 2.94. The molecule has 0 heterocycles. The lowest BCUT2D eigenvalue weighted by atomic mass is 9.82. The predicted molar refractivity (Wildman–Crippen MR) is 74.7 cm³/mol. The Bertz CT molecular complexity index is 439. The van der Waals surface area contributed by atoms with Gasteiger partial charge in [-0.05, 0) is 0 Å². The number of quaternary nitrogens is 1. The van der Waals surface area contributed by atoms with Gasteiger partial charge in [0.15, 0.2) is 0 Å². The van der Waals surface area contributed by atoms with Gasteiger partial charge >= 0.3 is 7.82 Å². The van der Waals surface area contributed by atoms with Crippen molar-refractivity contribution in [1.29, 1.82) is 0 Å². The third-order valence-electron chi connectivity index (χ3n) is 3.47. The van der Waals surface area contributed by atoms with Crippen molar-refractivity contribution in [3.05, 3.63) is 0 Å². The number of aliphatic hydroxyl groups is 6. The van der Waals surface area contributed by atoms with Gasteiger partial charge in [-0.15, -0.1) is 0 Å². The highest BCUT2D eigenvalue weighted by Gasteiger charge is 2.61. The molecule has 0 amide bonds. The van der Waals surface area contributed by atoms with Crippen LogP contribution in [0.1, 0.15) is 0 Å². The van der Waals surface area contributed by atoms with E-state index >= 15 is 0 Å². The molecule has 0 bridgehead atoms. The Balaban J connectivity index is 2.84. The zero-order chi connectivity index (χ0) is 18.2. The first-order chi connectivity index (χ1) is 10.2. The molecular formula is C11H25NO10P+. The lowest BCUT2D eigenvalue weighted by Crippen LogP contribution is -2.71. The van der Waals surface area contributed by atoms with Gasteiger partial charge in [0.05, 0.1) is 21.1 Å². The van der Waals surface area contributed by atoms with Crippen molar-refractivity contribution in [3.8, 4) is 0 Å². The molecule has 0 radical (unpaired) electrons. The summed E-state index contributed by atoms with van der Waals surface area (Å²) in [6, 6.07) is 0. The number of hydrogen-bond acceptors (Lipinski definition) is 9. The van der Waals surface area contributed by atoms with Crippen LogP contribution in [0.15, 0.2) is 0 Å². The maximum Gasteiger partial charge on any atom is 0.475 e. The molecule has 3 unspecified atom stereocenters. The molecular weight excluding hydrogens is 337 g/mol. The van der Waals surface area contributed by atoms with Crippen LogP contribution >= 0.6 is 7.82 Å². The normalized spacial score (nSPS) is 41.6. The second-order valence-electron chi connectivity index (χ2n) is 6.52. The van der Waals surface area contributed by atoms with Gasteiger partial charge in [0.1, 0.15) is 43.7 Å². The van der Waals surface area contributed by atoms with E-state index in [2.05, 4.69) is 9.05 Å². The van der Waals surface area contributed by atoms with E-state index in [0.29, 0.717) is 11.0 Å². The predicted octanol–water partition coefficient (Wildman–Crippen LogP) is -3.67. The van der Waals surface area contributed by atoms with Gasteiger partial charge in [0.25, 0.3) is 0 Å². The minimum Gasteiger partial charge on any atom is -0.387 e. The zero-order valence-electron chi connectivity index (χ0n) is 13.1. The van der Waals surface area contributed by atoms with Crippen LogP contribution in [-0.2, 0) is 13.6 Å². The molecule has 0 aromatic carbocycles. The van der Waals surface area contributed by atoms with Crippen LogP contribution in [0, 0.1) is 0 Å². The highest BCUT2D eigenvalue weighted by atomic mass is 31.2. The van der Waals surface area contributed by atoms with Crippen molar-refractivity contribution in [1.82, 2.24) is 0 Å². The standard InChI is InChI=1S/C11H24NO10P/c1-12(2,3)4-5-21-23(19,20)22-11(18)9(16)7(14)6(13)8(15)10(11)17/h6-10,13-18H,4-5H2,1-3H3/p+1/t6?,7-,8+,9-,10-,11?/m1/s1. The summed E-state index contributed by atoms with van der Waals surface area (Å²) in [5, 5.41) is 58.0. The molecule has 23 heavy (non-hydrogen) atoms. The van der Waals surface area contributed by atoms with Gasteiger partial charge in [-0.1, -0.05) is 0 Å². The van der Waals surface area contributed by atoms with E-state index in [1.807, 2.05) is 0 Å². The molecule has 0 saturated heterocycles. The minimum atomic E-state index is -4.94. The van der Waals surface area contributed by atoms with Gasteiger partial charge in [-0.2, -0.15) is 0 Å². The second-order valence-corrected chi connectivity index (χ2v) is 7.90. The number of nitrogens with zero attached hydrogens (tertiary/aromatic N) is 1. The summed E-state index contributed by atoms with van der Waals surface area (Å²) >= 11 is 0. The minimum absolute atomic E-state index is 0.243. The monoisotopic (exact) mass is 362 g/mol. The van der Waals surface area contributed by atoms with E-state index in [1.54, 1.807) is 21.1 Å². The number of rotatable bonds is 6. The van der Waals surface area contributed by atoms with Gasteiger partial charge < -0.3 is 40.0 Å². The number of aliphatic hydroxyl groups excluding tert-OH is 5. The fourth-order valence-electron chi connectivity index (χ4n) is 1.99. The fraction of sp³-hybridized carbons (Fsp3) is 1.00. The Morgan fingerprint density at radius 2 is 1.43 bits per heavy atom. The number of phosphoric acid groups is 1. The third kappa shape index (κ3) is 4.91. The summed E-state index contributed by atoms with van der Waals surface area (Å²) in [4.78, 5) is 9.60. The molecule has 0 spiro atoms. The van der Waals surface area contributed by atoms with Gasteiger partial charge in [-0.3, -0.25) is 4.52 Å². The summed E-state index contributed by atoms with van der Waals surface area (Å²) in [7, 11) is 0.440. The van der Waals surface area contributed by atoms with Crippen molar-refractivity contribution in [2.24, 2.45) is 0 Å². The van der Waals surface area contributed by atoms with Crippen LogP contribution in [-0.4, -0.2) is 111 Å².